The van der Waals surface area contributed by atoms with Crippen LogP contribution in [-0.4, -0.2) is 19.6 Å². The highest BCUT2D eigenvalue weighted by Gasteiger charge is 2.30. The van der Waals surface area contributed by atoms with Crippen LogP contribution in [0.25, 0.3) is 72.7 Å². The number of phenolic OH excluding ortho intramolecular Hbond substituents is 1. The summed E-state index contributed by atoms with van der Waals surface area (Å²) in [7, 11) is 0. The molecule has 69 heavy (non-hydrogen) atoms. The van der Waals surface area contributed by atoms with Gasteiger partial charge in [-0.1, -0.05) is 196 Å². The average molecular weight is 931 g/mol. The number of pyridine rings is 1. The summed E-state index contributed by atoms with van der Waals surface area (Å²) in [6.45, 7) is 16.8. The minimum Gasteiger partial charge on any atom is -0.507 e. The van der Waals surface area contributed by atoms with E-state index in [1.54, 1.807) is 12.1 Å². The predicted molar refractivity (Wildman–Crippen MR) is 295 cm³/mol. The number of aromatic nitrogens is 3. The minimum atomic E-state index is -3.93. The van der Waals surface area contributed by atoms with Crippen molar-refractivity contribution in [3.63, 3.8) is 0 Å². The van der Waals surface area contributed by atoms with Crippen molar-refractivity contribution >= 4 is 11.0 Å². The lowest BCUT2D eigenvalue weighted by Gasteiger charge is -2.28. The van der Waals surface area contributed by atoms with Crippen molar-refractivity contribution in [3.8, 4) is 67.5 Å². The molecule has 0 aliphatic rings. The lowest BCUT2D eigenvalue weighted by Crippen LogP contribution is -2.17. The first-order valence-corrected chi connectivity index (χ1v) is 23.5. The minimum absolute atomic E-state index is 0.0498. The molecule has 0 aliphatic carbocycles. The van der Waals surface area contributed by atoms with Gasteiger partial charge in [-0.3, -0.25) is 9.55 Å². The van der Waals surface area contributed by atoms with Gasteiger partial charge in [0.2, 0.25) is 0 Å². The third-order valence-corrected chi connectivity index (χ3v) is 12.8. The van der Waals surface area contributed by atoms with Crippen LogP contribution in [0.3, 0.4) is 0 Å². The van der Waals surface area contributed by atoms with E-state index in [1.807, 2.05) is 121 Å². The van der Waals surface area contributed by atoms with E-state index in [1.165, 1.54) is 0 Å². The molecule has 0 aliphatic heterocycles. The molecule has 4 heteroatoms. The van der Waals surface area contributed by atoms with Crippen molar-refractivity contribution < 1.29 is 28.4 Å². The van der Waals surface area contributed by atoms with Gasteiger partial charge in [0.25, 0.3) is 0 Å². The number of para-hydroxylation sites is 1. The fourth-order valence-corrected chi connectivity index (χ4v) is 8.83. The fraction of sp³-hybridized carbons (Fsp3) is 0.354. The van der Waals surface area contributed by atoms with Gasteiger partial charge in [0.15, 0.2) is 0 Å². The van der Waals surface area contributed by atoms with Gasteiger partial charge in [-0.05, 0) is 137 Å². The number of phenols is 1. The summed E-state index contributed by atoms with van der Waals surface area (Å²) in [5.41, 5.74) is 1.23. The summed E-state index contributed by atoms with van der Waals surface area (Å²) in [5.74, 6) is -0.646. The van der Waals surface area contributed by atoms with Crippen LogP contribution in [0.15, 0.2) is 133 Å². The third kappa shape index (κ3) is 9.83. The van der Waals surface area contributed by atoms with Crippen LogP contribution >= 0.6 is 0 Å². The lowest BCUT2D eigenvalue weighted by atomic mass is 9.79. The number of hydrogen-bond acceptors (Lipinski definition) is 3. The molecular weight excluding hydrogens is 839 g/mol. The summed E-state index contributed by atoms with van der Waals surface area (Å²) in [6, 6.07) is 23.2. The number of aromatic hydroxyl groups is 1. The maximum Gasteiger partial charge on any atom is 0.149 e. The van der Waals surface area contributed by atoms with Crippen LogP contribution < -0.4 is 0 Å². The van der Waals surface area contributed by atoms with Crippen molar-refractivity contribution in [3.05, 3.63) is 167 Å². The summed E-state index contributed by atoms with van der Waals surface area (Å²) in [6.07, 6.45) is -0.739. The first-order chi connectivity index (χ1) is 39.1. The second kappa shape index (κ2) is 17.6. The maximum absolute atomic E-state index is 12.7. The zero-order chi connectivity index (χ0) is 64.7. The largest absolute Gasteiger partial charge is 0.507 e. The first kappa shape index (κ1) is 31.8. The van der Waals surface area contributed by atoms with Crippen LogP contribution in [-0.2, 0) is 27.1 Å². The van der Waals surface area contributed by atoms with E-state index in [0.717, 1.165) is 27.8 Å². The molecule has 0 bridgehead atoms. The molecule has 0 amide bonds. The van der Waals surface area contributed by atoms with Gasteiger partial charge in [0.05, 0.1) is 31.9 Å². The second-order valence-corrected chi connectivity index (χ2v) is 22.6. The topological polar surface area (TPSA) is 50.9 Å². The molecule has 8 rings (SSSR count). The Kier molecular flexibility index (Phi) is 8.11. The lowest BCUT2D eigenvalue weighted by molar-refractivity contribution is 0.446. The Morgan fingerprint density at radius 3 is 1.83 bits per heavy atom. The number of benzene rings is 6. The molecule has 0 spiro atoms. The van der Waals surface area contributed by atoms with Gasteiger partial charge in [-0.2, -0.15) is 0 Å². The number of rotatable bonds is 7. The van der Waals surface area contributed by atoms with E-state index >= 15 is 0 Å². The Morgan fingerprint density at radius 2 is 1.19 bits per heavy atom. The maximum atomic E-state index is 12.7. The quantitative estimate of drug-likeness (QED) is 0.173. The third-order valence-electron chi connectivity index (χ3n) is 12.8. The van der Waals surface area contributed by atoms with E-state index in [4.69, 9.17) is 22.8 Å². The van der Waals surface area contributed by atoms with Crippen LogP contribution in [0.2, 0.25) is 0 Å². The summed E-state index contributed by atoms with van der Waals surface area (Å²) < 4.78 is 151. The predicted octanol–water partition coefficient (Wildman–Crippen LogP) is 18.1. The molecule has 0 saturated heterocycles. The molecule has 4 nitrogen and oxygen atoms in total. The van der Waals surface area contributed by atoms with Crippen molar-refractivity contribution in [2.45, 2.75) is 150 Å². The summed E-state index contributed by atoms with van der Waals surface area (Å²) in [5, 5.41) is 12.7. The molecule has 2 aromatic heterocycles. The van der Waals surface area contributed by atoms with Gasteiger partial charge in [0.1, 0.15) is 11.6 Å². The normalized spacial score (nSPS) is 17.2. The highest BCUT2D eigenvalue weighted by atomic mass is 16.3. The summed E-state index contributed by atoms with van der Waals surface area (Å²) >= 11 is 0. The van der Waals surface area contributed by atoms with Crippen molar-refractivity contribution in [1.29, 1.82) is 0 Å². The molecule has 8 aromatic rings. The highest BCUT2D eigenvalue weighted by molar-refractivity contribution is 5.97. The van der Waals surface area contributed by atoms with Gasteiger partial charge in [0, 0.05) is 42.3 Å². The van der Waals surface area contributed by atoms with Gasteiger partial charge >= 0.3 is 0 Å². The fourth-order valence-electron chi connectivity index (χ4n) is 8.83. The van der Waals surface area contributed by atoms with Crippen LogP contribution in [0.1, 0.15) is 180 Å². The van der Waals surface area contributed by atoms with Crippen LogP contribution in [0, 0.1) is 0 Å². The average Bonchev–Trinajstić information content (AvgIpc) is 0.774. The molecule has 2 heterocycles. The second-order valence-electron chi connectivity index (χ2n) is 22.6. The van der Waals surface area contributed by atoms with E-state index < -0.39 is 102 Å². The smallest absolute Gasteiger partial charge is 0.149 e. The van der Waals surface area contributed by atoms with E-state index in [2.05, 4.69) is 64.7 Å². The van der Waals surface area contributed by atoms with E-state index in [0.29, 0.717) is 50.4 Å². The number of nitrogens with zero attached hydrogens (tertiary/aromatic N) is 3. The van der Waals surface area contributed by atoms with Gasteiger partial charge < -0.3 is 5.11 Å². The number of hydrogen-bond donors (Lipinski definition) is 1. The van der Waals surface area contributed by atoms with Crippen LogP contribution in [0.4, 0.5) is 0 Å². The Hall–Kier alpha value is -6.26. The molecule has 6 aromatic carbocycles. The van der Waals surface area contributed by atoms with E-state index in [-0.39, 0.29) is 27.8 Å². The molecule has 0 unspecified atom stereocenters. The molecular formula is C65H75N3O. The molecule has 0 radical (unpaired) electrons. The van der Waals surface area contributed by atoms with E-state index in [9.17, 15) is 10.6 Å². The number of fused-ring (bicyclic) bond motifs is 1. The molecule has 0 fully saturated rings. The number of imidazole rings is 1. The molecule has 0 atom stereocenters. The monoisotopic (exact) mass is 931 g/mol. The summed E-state index contributed by atoms with van der Waals surface area (Å²) in [4.78, 5) is 9.96. The first-order valence-electron chi connectivity index (χ1n) is 32.0. The SMILES string of the molecule is [2H]c1nc(-c2cc(-c3cccc4c3nc(-c3cc(C(C)(C)C)cc(C(C)(C)C)c3O)n4-c3ccc(-c4ccccc4C(C)(C)C)c(C([2H])(C)C)c3)cc(C(C)(C)C)c2)c([2H])c(-c2c([2H])c([2H])c(C(C([2H])([2H])[2H])(C([2H])([2H])[2H])C([2H])([2H])[2H])c([2H])c2[2H])c1[2H]. The Balaban J connectivity index is 1.47. The molecule has 0 saturated carbocycles. The van der Waals surface area contributed by atoms with Crippen molar-refractivity contribution in [1.82, 2.24) is 14.5 Å². The van der Waals surface area contributed by atoms with Gasteiger partial charge in [-0.25, -0.2) is 4.98 Å². The van der Waals surface area contributed by atoms with Gasteiger partial charge in [-0.15, -0.1) is 0 Å². The molecule has 356 valence electrons. The Labute approximate surface area is 437 Å². The standard InChI is InChI=1S/C65H75N3O/c1-40(2)52-39-48(29-30-50(52)51-21-18-19-23-54(51)64(12,13)14)68-57-24-20-22-49(58(57)67-60(68)53-37-47(63(9,10)11)38-55(59(53)69)65(15,16)17)43-33-44(35-46(34-43)62(6,7)8)56-36-42(31-32-66-56)41-25-27-45(28-26-41)61(3,4)5/h18-40,69H,1-17H3/i3D3,4D3,5D3,25D,26D,27D,28D,31D,32D,36D,40D. The zero-order valence-corrected chi connectivity index (χ0v) is 42.4. The highest BCUT2D eigenvalue weighted by Crippen LogP contribution is 2.46. The Morgan fingerprint density at radius 1 is 0.551 bits per heavy atom. The zero-order valence-electron chi connectivity index (χ0n) is 59.4. The van der Waals surface area contributed by atoms with Crippen molar-refractivity contribution in [2.75, 3.05) is 0 Å². The van der Waals surface area contributed by atoms with Crippen LogP contribution in [0.5, 0.6) is 5.75 Å². The molecule has 1 N–H and O–H groups in total. The Bertz CT molecular complexity index is 3960. The van der Waals surface area contributed by atoms with Crippen molar-refractivity contribution in [2.24, 2.45) is 0 Å².